The van der Waals surface area contributed by atoms with E-state index in [1.54, 1.807) is 0 Å². The molecule has 17 heavy (non-hydrogen) atoms. The van der Waals surface area contributed by atoms with Gasteiger partial charge in [0, 0.05) is 0 Å². The first-order valence-corrected chi connectivity index (χ1v) is 7.09. The fourth-order valence-electron chi connectivity index (χ4n) is 2.17. The molecular weight excluding hydrogens is 206 g/mol. The van der Waals surface area contributed by atoms with Gasteiger partial charge in [-0.3, -0.25) is 0 Å². The zero-order chi connectivity index (χ0) is 12.3. The molecule has 1 N–H and O–H groups in total. The van der Waals surface area contributed by atoms with Crippen molar-refractivity contribution >= 4 is 0 Å². The summed E-state index contributed by atoms with van der Waals surface area (Å²) in [6.07, 6.45) is 9.10. The Morgan fingerprint density at radius 2 is 1.65 bits per heavy atom. The minimum absolute atomic E-state index is 1.11. The molecule has 0 bridgehead atoms. The first-order valence-electron chi connectivity index (χ1n) is 7.09. The van der Waals surface area contributed by atoms with Gasteiger partial charge < -0.3 is 5.32 Å². The summed E-state index contributed by atoms with van der Waals surface area (Å²) < 4.78 is 0. The zero-order valence-electron chi connectivity index (χ0n) is 11.5. The summed E-state index contributed by atoms with van der Waals surface area (Å²) in [5.74, 6) is 0. The first kappa shape index (κ1) is 14.2. The molecule has 0 saturated carbocycles. The van der Waals surface area contributed by atoms with Crippen LogP contribution >= 0.6 is 0 Å². The van der Waals surface area contributed by atoms with Gasteiger partial charge in [0.05, 0.1) is 0 Å². The van der Waals surface area contributed by atoms with Crippen LogP contribution in [0.25, 0.3) is 0 Å². The van der Waals surface area contributed by atoms with E-state index in [1.807, 2.05) is 7.05 Å². The Bertz CT molecular complexity index is 293. The summed E-state index contributed by atoms with van der Waals surface area (Å²) in [5.41, 5.74) is 3.01. The maximum Gasteiger partial charge on any atom is -0.00488 e. The van der Waals surface area contributed by atoms with Gasteiger partial charge in [-0.1, -0.05) is 50.5 Å². The van der Waals surface area contributed by atoms with Gasteiger partial charge in [0.1, 0.15) is 0 Å². The average Bonchev–Trinajstić information content (AvgIpc) is 2.36. The van der Waals surface area contributed by atoms with Crippen LogP contribution in [0.4, 0.5) is 0 Å². The Kier molecular flexibility index (Phi) is 7.74. The normalized spacial score (nSPS) is 10.7. The van der Waals surface area contributed by atoms with Crippen LogP contribution < -0.4 is 5.32 Å². The maximum absolute atomic E-state index is 3.20. The molecule has 0 amide bonds. The highest BCUT2D eigenvalue weighted by Crippen LogP contribution is 2.11. The molecule has 0 fully saturated rings. The SMILES string of the molecule is CCCCCCc1cccc(CCCNC)c1. The smallest absolute Gasteiger partial charge is 0.00488 e. The second-order valence-electron chi connectivity index (χ2n) is 4.84. The van der Waals surface area contributed by atoms with Crippen molar-refractivity contribution in [1.82, 2.24) is 5.32 Å². The minimum Gasteiger partial charge on any atom is -0.320 e. The molecule has 0 aliphatic rings. The monoisotopic (exact) mass is 233 g/mol. The molecule has 0 aromatic heterocycles. The predicted octanol–water partition coefficient (Wildman–Crippen LogP) is 3.96. The molecule has 0 spiro atoms. The Morgan fingerprint density at radius 3 is 2.29 bits per heavy atom. The molecule has 0 heterocycles. The summed E-state index contributed by atoms with van der Waals surface area (Å²) in [7, 11) is 2.02. The van der Waals surface area contributed by atoms with Crippen LogP contribution in [0, 0.1) is 0 Å². The summed E-state index contributed by atoms with van der Waals surface area (Å²) in [6, 6.07) is 9.13. The molecule has 1 nitrogen and oxygen atoms in total. The molecule has 0 aliphatic heterocycles. The van der Waals surface area contributed by atoms with Crippen LogP contribution in [0.15, 0.2) is 24.3 Å². The molecule has 1 heteroatoms. The zero-order valence-corrected chi connectivity index (χ0v) is 11.5. The summed E-state index contributed by atoms with van der Waals surface area (Å²) in [4.78, 5) is 0. The van der Waals surface area contributed by atoms with E-state index in [0.717, 1.165) is 6.54 Å². The standard InChI is InChI=1S/C16H27N/c1-3-4-5-6-9-15-10-7-11-16(14-15)12-8-13-17-2/h7,10-11,14,17H,3-6,8-9,12-13H2,1-2H3. The summed E-state index contributed by atoms with van der Waals surface area (Å²) in [5, 5.41) is 3.20. The van der Waals surface area contributed by atoms with Crippen molar-refractivity contribution in [2.24, 2.45) is 0 Å². The van der Waals surface area contributed by atoms with Crippen molar-refractivity contribution in [2.45, 2.75) is 51.9 Å². The van der Waals surface area contributed by atoms with Gasteiger partial charge in [-0.05, 0) is 50.4 Å². The lowest BCUT2D eigenvalue weighted by molar-refractivity contribution is 0.666. The van der Waals surface area contributed by atoms with Crippen LogP contribution in [-0.4, -0.2) is 13.6 Å². The van der Waals surface area contributed by atoms with Crippen LogP contribution in [0.5, 0.6) is 0 Å². The van der Waals surface area contributed by atoms with Crippen molar-refractivity contribution < 1.29 is 0 Å². The average molecular weight is 233 g/mol. The highest BCUT2D eigenvalue weighted by Gasteiger charge is 1.97. The Hall–Kier alpha value is -0.820. The van der Waals surface area contributed by atoms with E-state index in [1.165, 1.54) is 56.1 Å². The minimum atomic E-state index is 1.11. The van der Waals surface area contributed by atoms with Gasteiger partial charge in [0.15, 0.2) is 0 Å². The van der Waals surface area contributed by atoms with Crippen molar-refractivity contribution in [1.29, 1.82) is 0 Å². The van der Waals surface area contributed by atoms with Gasteiger partial charge in [-0.15, -0.1) is 0 Å². The van der Waals surface area contributed by atoms with E-state index < -0.39 is 0 Å². The van der Waals surface area contributed by atoms with E-state index in [-0.39, 0.29) is 0 Å². The Labute approximate surface area is 107 Å². The van der Waals surface area contributed by atoms with Gasteiger partial charge in [0.2, 0.25) is 0 Å². The van der Waals surface area contributed by atoms with E-state index in [9.17, 15) is 0 Å². The molecular formula is C16H27N. The third-order valence-electron chi connectivity index (χ3n) is 3.20. The topological polar surface area (TPSA) is 12.0 Å². The molecule has 0 atom stereocenters. The lowest BCUT2D eigenvalue weighted by atomic mass is 10.0. The summed E-state index contributed by atoms with van der Waals surface area (Å²) in [6.45, 7) is 3.38. The number of aryl methyl sites for hydroxylation is 2. The van der Waals surface area contributed by atoms with Crippen LogP contribution in [0.1, 0.15) is 50.2 Å². The van der Waals surface area contributed by atoms with Crippen molar-refractivity contribution in [3.05, 3.63) is 35.4 Å². The molecule has 1 aromatic carbocycles. The lowest BCUT2D eigenvalue weighted by Crippen LogP contribution is -2.08. The van der Waals surface area contributed by atoms with Gasteiger partial charge in [0.25, 0.3) is 0 Å². The molecule has 1 aromatic rings. The van der Waals surface area contributed by atoms with Gasteiger partial charge in [-0.25, -0.2) is 0 Å². The highest BCUT2D eigenvalue weighted by molar-refractivity contribution is 5.23. The molecule has 0 aliphatic carbocycles. The Morgan fingerprint density at radius 1 is 0.941 bits per heavy atom. The van der Waals surface area contributed by atoms with Crippen molar-refractivity contribution in [2.75, 3.05) is 13.6 Å². The van der Waals surface area contributed by atoms with E-state index in [2.05, 4.69) is 36.5 Å². The summed E-state index contributed by atoms with van der Waals surface area (Å²) >= 11 is 0. The largest absolute Gasteiger partial charge is 0.320 e. The second kappa shape index (κ2) is 9.23. The van der Waals surface area contributed by atoms with E-state index >= 15 is 0 Å². The third kappa shape index (κ3) is 6.48. The number of benzene rings is 1. The third-order valence-corrected chi connectivity index (χ3v) is 3.20. The van der Waals surface area contributed by atoms with Crippen LogP contribution in [0.2, 0.25) is 0 Å². The maximum atomic E-state index is 3.20. The predicted molar refractivity (Wildman–Crippen MR) is 76.5 cm³/mol. The fraction of sp³-hybridized carbons (Fsp3) is 0.625. The quantitative estimate of drug-likeness (QED) is 0.637. The Balaban J connectivity index is 2.31. The van der Waals surface area contributed by atoms with E-state index in [4.69, 9.17) is 0 Å². The molecule has 0 unspecified atom stereocenters. The van der Waals surface area contributed by atoms with Gasteiger partial charge >= 0.3 is 0 Å². The number of nitrogens with one attached hydrogen (secondary N) is 1. The lowest BCUT2D eigenvalue weighted by Gasteiger charge is -2.05. The number of unbranched alkanes of at least 4 members (excludes halogenated alkanes) is 3. The highest BCUT2D eigenvalue weighted by atomic mass is 14.8. The van der Waals surface area contributed by atoms with Crippen LogP contribution in [0.3, 0.4) is 0 Å². The van der Waals surface area contributed by atoms with E-state index in [0.29, 0.717) is 0 Å². The van der Waals surface area contributed by atoms with Crippen molar-refractivity contribution in [3.63, 3.8) is 0 Å². The fourth-order valence-corrected chi connectivity index (χ4v) is 2.17. The second-order valence-corrected chi connectivity index (χ2v) is 4.84. The van der Waals surface area contributed by atoms with Crippen molar-refractivity contribution in [3.8, 4) is 0 Å². The van der Waals surface area contributed by atoms with Gasteiger partial charge in [-0.2, -0.15) is 0 Å². The number of hydrogen-bond acceptors (Lipinski definition) is 1. The first-order chi connectivity index (χ1) is 8.36. The molecule has 0 saturated heterocycles. The number of hydrogen-bond donors (Lipinski definition) is 1. The molecule has 1 rings (SSSR count). The van der Waals surface area contributed by atoms with Crippen LogP contribution in [-0.2, 0) is 12.8 Å². The number of rotatable bonds is 9. The molecule has 0 radical (unpaired) electrons. The molecule has 96 valence electrons.